The van der Waals surface area contributed by atoms with Gasteiger partial charge in [0.1, 0.15) is 0 Å². The predicted molar refractivity (Wildman–Crippen MR) is 128 cm³/mol. The van der Waals surface area contributed by atoms with Crippen LogP contribution in [-0.2, 0) is 19.1 Å². The maximum Gasteiger partial charge on any atom is 0.369 e. The van der Waals surface area contributed by atoms with Crippen LogP contribution >= 0.6 is 86.4 Å². The number of terminal acetylenes is 1. The van der Waals surface area contributed by atoms with Crippen molar-refractivity contribution < 1.29 is 19.1 Å². The third-order valence-corrected chi connectivity index (χ3v) is 2.38. The average molecular weight is 669 g/mol. The van der Waals surface area contributed by atoms with Crippen molar-refractivity contribution in [3.8, 4) is 12.3 Å². The molecule has 0 aliphatic rings. The van der Waals surface area contributed by atoms with E-state index in [1.807, 2.05) is 0 Å². The number of carbonyl (C=O) groups excluding carboxylic acids is 2. The summed E-state index contributed by atoms with van der Waals surface area (Å²) in [7, 11) is 2.77. The first kappa shape index (κ1) is 34.3. The highest BCUT2D eigenvalue weighted by molar-refractivity contribution is 9.69. The van der Waals surface area contributed by atoms with E-state index in [4.69, 9.17) is 29.6 Å². The molecule has 0 radical (unpaired) electrons. The summed E-state index contributed by atoms with van der Waals surface area (Å²) in [6, 6.07) is 0. The molecule has 0 aromatic carbocycles. The zero-order valence-corrected chi connectivity index (χ0v) is 22.6. The Morgan fingerprint density at radius 3 is 1.65 bits per heavy atom. The molecule has 0 aromatic heterocycles. The molecule has 0 saturated heterocycles. The van der Waals surface area contributed by atoms with Gasteiger partial charge >= 0.3 is 15.1 Å². The van der Waals surface area contributed by atoms with Crippen LogP contribution in [0.25, 0.3) is 0 Å². The molecule has 26 heavy (non-hydrogen) atoms. The van der Waals surface area contributed by atoms with Gasteiger partial charge in [-0.05, 0) is 23.7 Å². The lowest BCUT2D eigenvalue weighted by Crippen LogP contribution is -1.98. The maximum absolute atomic E-state index is 10.5. The summed E-state index contributed by atoms with van der Waals surface area (Å²) in [5, 5.41) is 0.194. The summed E-state index contributed by atoms with van der Waals surface area (Å²) < 4.78 is 10.0. The summed E-state index contributed by atoms with van der Waals surface area (Å²) in [5.41, 5.74) is 0. The van der Waals surface area contributed by atoms with Crippen LogP contribution in [0.15, 0.2) is 11.1 Å². The summed E-state index contributed by atoms with van der Waals surface area (Å²) in [6.45, 7) is 3.64. The highest BCUT2D eigenvalue weighted by Gasteiger charge is 1.98. The Labute approximate surface area is 200 Å². The Morgan fingerprint density at radius 1 is 1.04 bits per heavy atom. The minimum atomic E-state index is -0.190. The lowest BCUT2D eigenvalue weighted by atomic mass is 10.2. The second-order valence-corrected chi connectivity index (χ2v) is 12.3. The van der Waals surface area contributed by atoms with Crippen molar-refractivity contribution in [2.45, 2.75) is 38.5 Å². The van der Waals surface area contributed by atoms with Crippen molar-refractivity contribution in [3.63, 3.8) is 0 Å². The summed E-state index contributed by atoms with van der Waals surface area (Å²) >= 11 is 22.0. The molecule has 0 fully saturated rings. The van der Waals surface area contributed by atoms with Crippen molar-refractivity contribution in [1.82, 2.24) is 0 Å². The summed E-state index contributed by atoms with van der Waals surface area (Å²) in [4.78, 5) is 20.9. The summed E-state index contributed by atoms with van der Waals surface area (Å²) in [5.74, 6) is 2.09. The molecule has 152 valence electrons. The number of rotatable bonds is 7. The van der Waals surface area contributed by atoms with E-state index in [0.29, 0.717) is 19.3 Å². The lowest BCUT2D eigenvalue weighted by molar-refractivity contribution is -0.141. The highest BCUT2D eigenvalue weighted by Crippen LogP contribution is 2.11. The highest BCUT2D eigenvalue weighted by atomic mass is 79.9. The Balaban J connectivity index is -0.000000138. The fourth-order valence-corrected chi connectivity index (χ4v) is 1.24. The lowest BCUT2D eigenvalue weighted by Gasteiger charge is -1.96. The van der Waals surface area contributed by atoms with Crippen LogP contribution in [0.4, 0.5) is 0 Å². The molecule has 0 bridgehead atoms. The van der Waals surface area contributed by atoms with Crippen molar-refractivity contribution in [2.75, 3.05) is 19.6 Å². The molecule has 0 spiro atoms. The SMILES string of the molecule is BrB(Br)Br.C#CCCCC(=O)OC.C=C(Br)CCCC(=O)OC.ClCCl. The van der Waals surface area contributed by atoms with E-state index in [1.165, 1.54) is 14.2 Å². The largest absolute Gasteiger partial charge is 0.469 e. The Hall–Kier alpha value is 0.805. The van der Waals surface area contributed by atoms with Gasteiger partial charge in [-0.2, -0.15) is 0 Å². The monoisotopic (exact) mass is 664 g/mol. The van der Waals surface area contributed by atoms with Gasteiger partial charge in [0, 0.05) is 19.3 Å². The molecule has 0 rings (SSSR count). The van der Waals surface area contributed by atoms with Crippen molar-refractivity contribution >= 4 is 102 Å². The number of hydrogen-bond acceptors (Lipinski definition) is 4. The molecule has 0 amide bonds. The molecule has 11 heteroatoms. The maximum atomic E-state index is 10.5. The van der Waals surface area contributed by atoms with Crippen LogP contribution < -0.4 is 0 Å². The molecular weight excluding hydrogens is 645 g/mol. The first-order chi connectivity index (χ1) is 12.1. The molecule has 4 nitrogen and oxygen atoms in total. The third-order valence-electron chi connectivity index (χ3n) is 1.99. The van der Waals surface area contributed by atoms with Gasteiger partial charge in [0.15, 0.2) is 0 Å². The average Bonchev–Trinajstić information content (AvgIpc) is 2.55. The molecule has 0 aromatic rings. The van der Waals surface area contributed by atoms with E-state index in [0.717, 1.165) is 23.7 Å². The molecule has 0 atom stereocenters. The molecule has 0 unspecified atom stereocenters. The summed E-state index contributed by atoms with van der Waals surface area (Å²) in [6.07, 6.45) is 8.86. The Morgan fingerprint density at radius 2 is 1.38 bits per heavy atom. The standard InChI is InChI=1S/C7H11BrO2.C7H10O2.CH2Cl2.BBr3/c1-6(8)4-3-5-7(9)10-2;1-3-4-5-6-7(8)9-2;2-1-3;2-1(3)4/h1,3-5H2,2H3;1H,4-6H2,2H3;1H2;. The van der Waals surface area contributed by atoms with Gasteiger partial charge in [-0.1, -0.05) is 22.5 Å². The second kappa shape index (κ2) is 30.5. The fourth-order valence-electron chi connectivity index (χ4n) is 0.963. The first-order valence-electron chi connectivity index (χ1n) is 7.07. The van der Waals surface area contributed by atoms with E-state index in [9.17, 15) is 9.59 Å². The zero-order valence-electron chi connectivity index (χ0n) is 14.7. The van der Waals surface area contributed by atoms with E-state index in [1.54, 1.807) is 0 Å². The Bertz CT molecular complexity index is 392. The van der Waals surface area contributed by atoms with E-state index in [2.05, 4.69) is 85.2 Å². The van der Waals surface area contributed by atoms with Gasteiger partial charge in [0.2, 0.25) is 0 Å². The normalized spacial score (nSPS) is 7.96. The minimum absolute atomic E-state index is 0.159. The quantitative estimate of drug-likeness (QED) is 0.0988. The van der Waals surface area contributed by atoms with Crippen LogP contribution in [-0.4, -0.2) is 34.7 Å². The van der Waals surface area contributed by atoms with Crippen LogP contribution in [0.2, 0.25) is 0 Å². The molecule has 0 aliphatic heterocycles. The number of unbranched alkanes of at least 4 members (excludes halogenated alkanes) is 1. The van der Waals surface area contributed by atoms with E-state index in [-0.39, 0.29) is 20.5 Å². The molecule has 0 saturated carbocycles. The van der Waals surface area contributed by atoms with Crippen LogP contribution in [0.3, 0.4) is 0 Å². The first-order valence-corrected chi connectivity index (χ1v) is 11.7. The molecule has 0 aliphatic carbocycles. The number of halogens is 6. The number of esters is 2. The number of carbonyl (C=O) groups is 2. The fraction of sp³-hybridized carbons (Fsp3) is 0.600. The number of ether oxygens (including phenoxy) is 2. The number of methoxy groups -OCH3 is 2. The van der Waals surface area contributed by atoms with E-state index >= 15 is 0 Å². The number of hydrogen-bond donors (Lipinski definition) is 0. The van der Waals surface area contributed by atoms with Gasteiger partial charge in [0.05, 0.1) is 19.6 Å². The van der Waals surface area contributed by atoms with Crippen molar-refractivity contribution in [2.24, 2.45) is 0 Å². The molecule has 0 N–H and O–H groups in total. The topological polar surface area (TPSA) is 52.6 Å². The van der Waals surface area contributed by atoms with E-state index < -0.39 is 0 Å². The van der Waals surface area contributed by atoms with Crippen LogP contribution in [0.5, 0.6) is 0 Å². The van der Waals surface area contributed by atoms with Gasteiger partial charge in [-0.25, -0.2) is 0 Å². The van der Waals surface area contributed by atoms with Gasteiger partial charge in [0.25, 0.3) is 0 Å². The number of alkyl halides is 2. The van der Waals surface area contributed by atoms with Gasteiger partial charge in [-0.15, -0.1) is 82.8 Å². The molecular formula is C15H23BBr4Cl2O4. The minimum Gasteiger partial charge on any atom is -0.469 e. The third kappa shape index (κ3) is 56.3. The Kier molecular flexibility index (Phi) is 40.3. The van der Waals surface area contributed by atoms with Gasteiger partial charge in [-0.3, -0.25) is 9.59 Å². The smallest absolute Gasteiger partial charge is 0.369 e. The van der Waals surface area contributed by atoms with Crippen LogP contribution in [0, 0.1) is 12.3 Å². The second-order valence-electron chi connectivity index (χ2n) is 3.93. The predicted octanol–water partition coefficient (Wildman–Crippen LogP) is 6.78. The van der Waals surface area contributed by atoms with Gasteiger partial charge < -0.3 is 9.47 Å². The van der Waals surface area contributed by atoms with Crippen LogP contribution in [0.1, 0.15) is 38.5 Å². The zero-order chi connectivity index (χ0) is 21.4. The molecule has 0 heterocycles. The number of allylic oxidation sites excluding steroid dienone is 1. The van der Waals surface area contributed by atoms with Crippen molar-refractivity contribution in [3.05, 3.63) is 11.1 Å². The van der Waals surface area contributed by atoms with Crippen molar-refractivity contribution in [1.29, 1.82) is 0 Å².